The lowest BCUT2D eigenvalue weighted by molar-refractivity contribution is 0.133. The van der Waals surface area contributed by atoms with Crippen LogP contribution in [-0.2, 0) is 13.1 Å². The number of aliphatic hydroxyl groups is 1. The van der Waals surface area contributed by atoms with Crippen molar-refractivity contribution in [2.75, 3.05) is 33.7 Å². The Morgan fingerprint density at radius 1 is 1.33 bits per heavy atom. The molecular formula is C16H28N4O. The number of nitrogens with zero attached hydrogens (tertiary/aromatic N) is 4. The van der Waals surface area contributed by atoms with Crippen molar-refractivity contribution >= 4 is 0 Å². The summed E-state index contributed by atoms with van der Waals surface area (Å²) >= 11 is 0. The van der Waals surface area contributed by atoms with Crippen molar-refractivity contribution in [3.8, 4) is 0 Å². The van der Waals surface area contributed by atoms with E-state index in [0.717, 1.165) is 31.1 Å². The molecule has 1 aliphatic heterocycles. The zero-order valence-corrected chi connectivity index (χ0v) is 13.3. The summed E-state index contributed by atoms with van der Waals surface area (Å²) in [5, 5.41) is 14.9. The molecule has 2 heterocycles. The average Bonchev–Trinajstić information content (AvgIpc) is 2.67. The topological polar surface area (TPSA) is 44.5 Å². The molecule has 1 aromatic rings. The number of hydrogen-bond acceptors (Lipinski definition) is 4. The predicted molar refractivity (Wildman–Crippen MR) is 83.0 cm³/mol. The van der Waals surface area contributed by atoms with E-state index in [0.29, 0.717) is 6.54 Å². The molecule has 0 amide bonds. The Bertz CT molecular complexity index is 467. The molecule has 1 aliphatic carbocycles. The SMILES string of the molecule is CN(C)C[C@@H](O)c1cc2n(n1)CCCN(CC1CCC1)C2. The van der Waals surface area contributed by atoms with Gasteiger partial charge >= 0.3 is 0 Å². The Morgan fingerprint density at radius 3 is 2.81 bits per heavy atom. The van der Waals surface area contributed by atoms with Crippen molar-refractivity contribution in [1.82, 2.24) is 19.6 Å². The highest BCUT2D eigenvalue weighted by atomic mass is 16.3. The Morgan fingerprint density at radius 2 is 2.14 bits per heavy atom. The number of rotatable bonds is 5. The minimum atomic E-state index is -0.487. The average molecular weight is 292 g/mol. The number of aromatic nitrogens is 2. The van der Waals surface area contributed by atoms with E-state index in [4.69, 9.17) is 0 Å². The molecule has 5 heteroatoms. The Labute approximate surface area is 127 Å². The molecule has 1 aromatic heterocycles. The maximum Gasteiger partial charge on any atom is 0.110 e. The van der Waals surface area contributed by atoms with Crippen LogP contribution in [0.5, 0.6) is 0 Å². The van der Waals surface area contributed by atoms with Gasteiger partial charge in [-0.3, -0.25) is 9.58 Å². The molecule has 1 atom stereocenters. The van der Waals surface area contributed by atoms with Gasteiger partial charge in [0.05, 0.1) is 11.4 Å². The Hall–Kier alpha value is -0.910. The lowest BCUT2D eigenvalue weighted by atomic mass is 9.85. The lowest BCUT2D eigenvalue weighted by Gasteiger charge is -2.31. The molecule has 5 nitrogen and oxygen atoms in total. The van der Waals surface area contributed by atoms with E-state index in [2.05, 4.69) is 20.7 Å². The summed E-state index contributed by atoms with van der Waals surface area (Å²) in [6.45, 7) is 5.00. The van der Waals surface area contributed by atoms with Crippen LogP contribution in [0.25, 0.3) is 0 Å². The first kappa shape index (κ1) is 15.0. The zero-order valence-electron chi connectivity index (χ0n) is 13.3. The summed E-state index contributed by atoms with van der Waals surface area (Å²) in [5.41, 5.74) is 2.09. The van der Waals surface area contributed by atoms with Crippen LogP contribution < -0.4 is 0 Å². The molecule has 0 radical (unpaired) electrons. The van der Waals surface area contributed by atoms with Crippen molar-refractivity contribution in [2.24, 2.45) is 5.92 Å². The van der Waals surface area contributed by atoms with Crippen LogP contribution in [0.1, 0.15) is 43.2 Å². The number of fused-ring (bicyclic) bond motifs is 1. The molecule has 1 N–H and O–H groups in total. The molecular weight excluding hydrogens is 264 g/mol. The van der Waals surface area contributed by atoms with Crippen molar-refractivity contribution in [2.45, 2.75) is 44.9 Å². The second-order valence-corrected chi connectivity index (χ2v) is 6.95. The summed E-state index contributed by atoms with van der Waals surface area (Å²) in [6.07, 6.45) is 4.90. The minimum absolute atomic E-state index is 0.487. The van der Waals surface area contributed by atoms with E-state index >= 15 is 0 Å². The second-order valence-electron chi connectivity index (χ2n) is 6.95. The number of aliphatic hydroxyl groups excluding tert-OH is 1. The fourth-order valence-electron chi connectivity index (χ4n) is 3.35. The first-order chi connectivity index (χ1) is 10.1. The van der Waals surface area contributed by atoms with Crippen molar-refractivity contribution in [3.05, 3.63) is 17.5 Å². The number of aryl methyl sites for hydroxylation is 1. The van der Waals surface area contributed by atoms with Crippen molar-refractivity contribution in [3.63, 3.8) is 0 Å². The maximum absolute atomic E-state index is 10.2. The van der Waals surface area contributed by atoms with Gasteiger partial charge in [-0.15, -0.1) is 0 Å². The standard InChI is InChI=1S/C16H28N4O/c1-18(2)12-16(21)15-9-14-11-19(10-13-5-3-6-13)7-4-8-20(14)17-15/h9,13,16,21H,3-8,10-12H2,1-2H3/t16-/m1/s1. The van der Waals surface area contributed by atoms with Gasteiger partial charge in [0.25, 0.3) is 0 Å². The third kappa shape index (κ3) is 3.65. The van der Waals surface area contributed by atoms with Gasteiger partial charge < -0.3 is 10.0 Å². The van der Waals surface area contributed by atoms with Crippen LogP contribution in [0, 0.1) is 5.92 Å². The maximum atomic E-state index is 10.2. The summed E-state index contributed by atoms with van der Waals surface area (Å²) in [4.78, 5) is 4.57. The van der Waals surface area contributed by atoms with E-state index in [1.54, 1.807) is 0 Å². The van der Waals surface area contributed by atoms with Gasteiger partial charge in [0, 0.05) is 32.7 Å². The zero-order chi connectivity index (χ0) is 14.8. The van der Waals surface area contributed by atoms with Gasteiger partial charge in [-0.05, 0) is 45.3 Å². The van der Waals surface area contributed by atoms with E-state index in [9.17, 15) is 5.11 Å². The van der Waals surface area contributed by atoms with Crippen LogP contribution >= 0.6 is 0 Å². The molecule has 0 unspecified atom stereocenters. The summed E-state index contributed by atoms with van der Waals surface area (Å²) in [6, 6.07) is 2.10. The highest BCUT2D eigenvalue weighted by Gasteiger charge is 2.24. The van der Waals surface area contributed by atoms with Crippen LogP contribution in [-0.4, -0.2) is 58.4 Å². The largest absolute Gasteiger partial charge is 0.385 e. The first-order valence-electron chi connectivity index (χ1n) is 8.23. The molecule has 3 rings (SSSR count). The Kier molecular flexibility index (Phi) is 4.62. The first-order valence-corrected chi connectivity index (χ1v) is 8.23. The third-order valence-electron chi connectivity index (χ3n) is 4.73. The molecule has 1 saturated carbocycles. The highest BCUT2D eigenvalue weighted by Crippen LogP contribution is 2.28. The molecule has 2 aliphatic rings. The smallest absolute Gasteiger partial charge is 0.110 e. The third-order valence-corrected chi connectivity index (χ3v) is 4.73. The molecule has 0 aromatic carbocycles. The van der Waals surface area contributed by atoms with E-state index in [1.165, 1.54) is 38.0 Å². The number of likely N-dealkylation sites (N-methyl/N-ethyl adjacent to an activating group) is 1. The van der Waals surface area contributed by atoms with Gasteiger partial charge in [0.15, 0.2) is 0 Å². The summed E-state index contributed by atoms with van der Waals surface area (Å²) < 4.78 is 2.11. The van der Waals surface area contributed by atoms with Gasteiger partial charge in [-0.2, -0.15) is 5.10 Å². The molecule has 118 valence electrons. The normalized spacial score (nSPS) is 21.9. The van der Waals surface area contributed by atoms with Gasteiger partial charge in [0.2, 0.25) is 0 Å². The fraction of sp³-hybridized carbons (Fsp3) is 0.812. The molecule has 0 spiro atoms. The molecule has 0 saturated heterocycles. The number of hydrogen-bond donors (Lipinski definition) is 1. The monoisotopic (exact) mass is 292 g/mol. The fourth-order valence-corrected chi connectivity index (χ4v) is 3.35. The Balaban J connectivity index is 1.66. The summed E-state index contributed by atoms with van der Waals surface area (Å²) in [5.74, 6) is 0.915. The second kappa shape index (κ2) is 6.46. The molecule has 0 bridgehead atoms. The summed E-state index contributed by atoms with van der Waals surface area (Å²) in [7, 11) is 3.95. The van der Waals surface area contributed by atoms with Crippen molar-refractivity contribution < 1.29 is 5.11 Å². The quantitative estimate of drug-likeness (QED) is 0.893. The van der Waals surface area contributed by atoms with Gasteiger partial charge in [-0.1, -0.05) is 6.42 Å². The van der Waals surface area contributed by atoms with Crippen molar-refractivity contribution in [1.29, 1.82) is 0 Å². The van der Waals surface area contributed by atoms with Gasteiger partial charge in [-0.25, -0.2) is 0 Å². The van der Waals surface area contributed by atoms with Crippen LogP contribution in [0.4, 0.5) is 0 Å². The highest BCUT2D eigenvalue weighted by molar-refractivity contribution is 5.14. The predicted octanol–water partition coefficient (Wildman–Crippen LogP) is 1.48. The lowest BCUT2D eigenvalue weighted by Crippen LogP contribution is -2.32. The van der Waals surface area contributed by atoms with E-state index < -0.39 is 6.10 Å². The van der Waals surface area contributed by atoms with Crippen LogP contribution in [0.3, 0.4) is 0 Å². The van der Waals surface area contributed by atoms with Crippen LogP contribution in [0.2, 0.25) is 0 Å². The van der Waals surface area contributed by atoms with Crippen LogP contribution in [0.15, 0.2) is 6.07 Å². The minimum Gasteiger partial charge on any atom is -0.385 e. The molecule has 21 heavy (non-hydrogen) atoms. The van der Waals surface area contributed by atoms with E-state index in [1.807, 2.05) is 19.0 Å². The molecule has 1 fully saturated rings. The van der Waals surface area contributed by atoms with Gasteiger partial charge in [0.1, 0.15) is 6.10 Å². The van der Waals surface area contributed by atoms with E-state index in [-0.39, 0.29) is 0 Å².